The van der Waals surface area contributed by atoms with Crippen LogP contribution in [0.3, 0.4) is 0 Å². The molecule has 0 saturated heterocycles. The van der Waals surface area contributed by atoms with Crippen LogP contribution in [0.2, 0.25) is 5.02 Å². The van der Waals surface area contributed by atoms with Gasteiger partial charge in [0.25, 0.3) is 0 Å². The van der Waals surface area contributed by atoms with Crippen LogP contribution in [0.1, 0.15) is 6.92 Å². The predicted molar refractivity (Wildman–Crippen MR) is 96.6 cm³/mol. The number of urea groups is 1. The Morgan fingerprint density at radius 3 is 2.55 bits per heavy atom. The van der Waals surface area contributed by atoms with Crippen LogP contribution in [0.15, 0.2) is 22.7 Å². The summed E-state index contributed by atoms with van der Waals surface area (Å²) in [5.41, 5.74) is -0.227. The van der Waals surface area contributed by atoms with E-state index in [4.69, 9.17) is 34.8 Å². The van der Waals surface area contributed by atoms with Crippen molar-refractivity contribution in [2.75, 3.05) is 11.9 Å². The second-order valence-electron chi connectivity index (χ2n) is 3.72. The van der Waals surface area contributed by atoms with E-state index < -0.39 is 8.19 Å². The zero-order chi connectivity index (χ0) is 15.5. The fourth-order valence-corrected chi connectivity index (χ4v) is 2.62. The molecular weight excluding hydrogens is 522 g/mol. The van der Waals surface area contributed by atoms with Gasteiger partial charge in [0.15, 0.2) is 2.69 Å². The Morgan fingerprint density at radius 1 is 1.50 bits per heavy atom. The lowest BCUT2D eigenvalue weighted by molar-refractivity contribution is 0.210. The maximum absolute atomic E-state index is 12.2. The van der Waals surface area contributed by atoms with Crippen molar-refractivity contribution in [1.29, 1.82) is 0 Å². The third-order valence-electron chi connectivity index (χ3n) is 2.32. The Morgan fingerprint density at radius 2 is 2.10 bits per heavy atom. The molecule has 0 spiro atoms. The number of nitrogens with one attached hydrogen (secondary N) is 1. The molecule has 0 aliphatic carbocycles. The maximum Gasteiger partial charge on any atom is 0.323 e. The van der Waals surface area contributed by atoms with Crippen LogP contribution in [-0.4, -0.2) is 25.7 Å². The Bertz CT molecular complexity index is 496. The van der Waals surface area contributed by atoms with E-state index in [1.54, 1.807) is 25.1 Å². The fraction of sp³-hybridized carbons (Fsp3) is 0.364. The Balaban J connectivity index is 2.85. The van der Waals surface area contributed by atoms with Gasteiger partial charge in [-0.1, -0.05) is 66.7 Å². The SMILES string of the molecule is CCN(C(=O)Nc1ccc(Br)c(Cl)c1)C(Cl)C(Cl)(Br)Br. The van der Waals surface area contributed by atoms with E-state index in [-0.39, 0.29) is 6.03 Å². The number of alkyl halides is 4. The normalized spacial score (nSPS) is 12.9. The summed E-state index contributed by atoms with van der Waals surface area (Å²) < 4.78 is -0.355. The summed E-state index contributed by atoms with van der Waals surface area (Å²) in [5.74, 6) is 0. The first kappa shape index (κ1) is 18.8. The van der Waals surface area contributed by atoms with Crippen LogP contribution in [0.5, 0.6) is 0 Å². The molecule has 1 atom stereocenters. The van der Waals surface area contributed by atoms with Crippen LogP contribution in [0.25, 0.3) is 0 Å². The zero-order valence-corrected chi connectivity index (χ0v) is 17.2. The lowest BCUT2D eigenvalue weighted by Crippen LogP contribution is -2.45. The van der Waals surface area contributed by atoms with Crippen LogP contribution in [0, 0.1) is 0 Å². The fourth-order valence-electron chi connectivity index (χ4n) is 1.35. The van der Waals surface area contributed by atoms with Crippen molar-refractivity contribution in [3.63, 3.8) is 0 Å². The van der Waals surface area contributed by atoms with Gasteiger partial charge < -0.3 is 10.2 Å². The molecular formula is C11H10Br3Cl3N2O. The van der Waals surface area contributed by atoms with Gasteiger partial charge in [-0.25, -0.2) is 4.79 Å². The molecule has 0 heterocycles. The Hall–Kier alpha value is 0.800. The van der Waals surface area contributed by atoms with Crippen molar-refractivity contribution in [2.45, 2.75) is 15.1 Å². The molecule has 9 heteroatoms. The summed E-state index contributed by atoms with van der Waals surface area (Å²) in [7, 11) is 0. The minimum absolute atomic E-state index is 0.380. The largest absolute Gasteiger partial charge is 0.323 e. The number of amides is 2. The minimum Gasteiger partial charge on any atom is -0.308 e. The lowest BCUT2D eigenvalue weighted by atomic mass is 10.3. The van der Waals surface area contributed by atoms with Crippen molar-refractivity contribution in [3.05, 3.63) is 27.7 Å². The molecule has 1 rings (SSSR count). The highest BCUT2D eigenvalue weighted by Gasteiger charge is 2.36. The van der Waals surface area contributed by atoms with E-state index in [1.165, 1.54) is 4.90 Å². The molecule has 0 radical (unpaired) electrons. The standard InChI is InChI=1S/C11H10Br3Cl3N2O/c1-2-19(9(16)11(13,14)17)10(20)18-6-3-4-7(12)8(15)5-6/h3-5,9H,2H2,1H3,(H,18,20). The average Bonchev–Trinajstić information content (AvgIpc) is 2.33. The molecule has 0 saturated carbocycles. The Labute approximate surface area is 157 Å². The van der Waals surface area contributed by atoms with Gasteiger partial charge in [-0.2, -0.15) is 0 Å². The summed E-state index contributed by atoms with van der Waals surface area (Å²) in [4.78, 5) is 13.6. The maximum atomic E-state index is 12.2. The Kier molecular flexibility index (Phi) is 7.43. The van der Waals surface area contributed by atoms with Crippen molar-refractivity contribution in [2.24, 2.45) is 0 Å². The number of carbonyl (C=O) groups excluding carboxylic acids is 1. The number of carbonyl (C=O) groups is 1. The number of hydrogen-bond acceptors (Lipinski definition) is 1. The van der Waals surface area contributed by atoms with Crippen molar-refractivity contribution in [1.82, 2.24) is 4.90 Å². The van der Waals surface area contributed by atoms with Gasteiger partial charge in [0.1, 0.15) is 5.50 Å². The van der Waals surface area contributed by atoms with E-state index in [0.717, 1.165) is 4.47 Å². The van der Waals surface area contributed by atoms with E-state index in [1.807, 2.05) is 0 Å². The molecule has 1 unspecified atom stereocenters. The van der Waals surface area contributed by atoms with Gasteiger partial charge in [0, 0.05) is 16.7 Å². The number of hydrogen-bond donors (Lipinski definition) is 1. The summed E-state index contributed by atoms with van der Waals surface area (Å²) in [5, 5.41) is 3.21. The van der Waals surface area contributed by atoms with Gasteiger partial charge in [-0.3, -0.25) is 0 Å². The second kappa shape index (κ2) is 7.88. The highest BCUT2D eigenvalue weighted by Crippen LogP contribution is 2.39. The average molecular weight is 532 g/mol. The molecule has 1 N–H and O–H groups in total. The second-order valence-corrected chi connectivity index (χ2v) is 10.5. The van der Waals surface area contributed by atoms with Gasteiger partial charge in [-0.15, -0.1) is 0 Å². The first-order valence-corrected chi connectivity index (χ1v) is 8.97. The summed E-state index contributed by atoms with van der Waals surface area (Å²) >= 11 is 27.7. The van der Waals surface area contributed by atoms with E-state index in [9.17, 15) is 4.79 Å². The van der Waals surface area contributed by atoms with Crippen molar-refractivity contribution in [3.8, 4) is 0 Å². The van der Waals surface area contributed by atoms with E-state index in [2.05, 4.69) is 53.1 Å². The van der Waals surface area contributed by atoms with Crippen LogP contribution >= 0.6 is 82.6 Å². The summed E-state index contributed by atoms with van der Waals surface area (Å²) in [6, 6.07) is 4.72. The molecule has 1 aromatic carbocycles. The molecule has 112 valence electrons. The van der Waals surface area contributed by atoms with Crippen LogP contribution in [-0.2, 0) is 0 Å². The third-order valence-corrected chi connectivity index (χ3v) is 5.82. The highest BCUT2D eigenvalue weighted by molar-refractivity contribution is 9.26. The molecule has 0 aliphatic heterocycles. The summed E-state index contributed by atoms with van der Waals surface area (Å²) in [6.45, 7) is 2.18. The molecule has 2 amide bonds. The predicted octanol–water partition coefficient (Wildman–Crippen LogP) is 6.20. The molecule has 0 aromatic heterocycles. The van der Waals surface area contributed by atoms with Crippen molar-refractivity contribution < 1.29 is 4.79 Å². The minimum atomic E-state index is -1.10. The quantitative estimate of drug-likeness (QED) is 0.364. The molecule has 0 aliphatic rings. The van der Waals surface area contributed by atoms with Crippen LogP contribution in [0.4, 0.5) is 10.5 Å². The topological polar surface area (TPSA) is 32.3 Å². The van der Waals surface area contributed by atoms with Gasteiger partial charge in [0.05, 0.1) is 5.02 Å². The zero-order valence-electron chi connectivity index (χ0n) is 10.1. The summed E-state index contributed by atoms with van der Waals surface area (Å²) in [6.07, 6.45) is 0. The van der Waals surface area contributed by atoms with Crippen LogP contribution < -0.4 is 5.32 Å². The van der Waals surface area contributed by atoms with Gasteiger partial charge in [-0.05, 0) is 41.1 Å². The number of halogens is 6. The monoisotopic (exact) mass is 528 g/mol. The van der Waals surface area contributed by atoms with E-state index in [0.29, 0.717) is 17.3 Å². The lowest BCUT2D eigenvalue weighted by Gasteiger charge is -2.31. The smallest absolute Gasteiger partial charge is 0.308 e. The van der Waals surface area contributed by atoms with Gasteiger partial charge in [0.2, 0.25) is 0 Å². The number of rotatable bonds is 4. The van der Waals surface area contributed by atoms with Crippen molar-refractivity contribution >= 4 is 94.3 Å². The first-order chi connectivity index (χ1) is 9.16. The molecule has 20 heavy (non-hydrogen) atoms. The highest BCUT2D eigenvalue weighted by atomic mass is 79.9. The number of anilines is 1. The number of benzene rings is 1. The number of nitrogens with zero attached hydrogens (tertiary/aromatic N) is 1. The molecule has 1 aromatic rings. The first-order valence-electron chi connectivity index (χ1n) is 5.40. The molecule has 0 bridgehead atoms. The van der Waals surface area contributed by atoms with Gasteiger partial charge >= 0.3 is 6.03 Å². The van der Waals surface area contributed by atoms with E-state index >= 15 is 0 Å². The molecule has 3 nitrogen and oxygen atoms in total. The molecule has 0 fully saturated rings. The third kappa shape index (κ3) is 5.21.